The maximum atomic E-state index is 11.9. The predicted octanol–water partition coefficient (Wildman–Crippen LogP) is 6.94. The number of carbonyl (C=O) groups is 2. The number of ether oxygens (including phenoxy) is 4. The Bertz CT molecular complexity index is 904. The van der Waals surface area contributed by atoms with Gasteiger partial charge in [-0.2, -0.15) is 0 Å². The van der Waals surface area contributed by atoms with Crippen molar-refractivity contribution in [3.63, 3.8) is 0 Å². The molecule has 1 N–H and O–H groups in total. The van der Waals surface area contributed by atoms with Crippen LogP contribution in [0.5, 0.6) is 0 Å². The third kappa shape index (κ3) is 19.1. The molecule has 0 aliphatic rings. The van der Waals surface area contributed by atoms with Crippen LogP contribution in [0.15, 0.2) is 60.7 Å². The molecule has 0 saturated heterocycles. The molecule has 0 bridgehead atoms. The summed E-state index contributed by atoms with van der Waals surface area (Å²) in [6, 6.07) is 20.3. The summed E-state index contributed by atoms with van der Waals surface area (Å²) in [5, 5.41) is 9.93. The van der Waals surface area contributed by atoms with Gasteiger partial charge in [-0.3, -0.25) is 4.79 Å². The first-order valence-corrected chi connectivity index (χ1v) is 15.4. The highest BCUT2D eigenvalue weighted by Crippen LogP contribution is 2.09. The summed E-state index contributed by atoms with van der Waals surface area (Å²) >= 11 is 0. The summed E-state index contributed by atoms with van der Waals surface area (Å²) in [6.07, 6.45) is 10.3. The Morgan fingerprint density at radius 1 is 0.537 bits per heavy atom. The fourth-order valence-corrected chi connectivity index (χ4v) is 4.31. The Labute approximate surface area is 246 Å². The second-order valence-electron chi connectivity index (χ2n) is 10.4. The molecule has 228 valence electrons. The van der Waals surface area contributed by atoms with Crippen molar-refractivity contribution in [2.45, 2.75) is 103 Å². The van der Waals surface area contributed by atoms with Crippen LogP contribution in [0.3, 0.4) is 0 Å². The lowest BCUT2D eigenvalue weighted by Crippen LogP contribution is -2.27. The largest absolute Gasteiger partial charge is 0.466 e. The van der Waals surface area contributed by atoms with Crippen LogP contribution in [-0.4, -0.2) is 49.6 Å². The smallest absolute Gasteiger partial charge is 0.335 e. The maximum Gasteiger partial charge on any atom is 0.335 e. The van der Waals surface area contributed by atoms with Crippen LogP contribution in [-0.2, 0) is 41.8 Å². The lowest BCUT2D eigenvalue weighted by molar-refractivity contribution is -0.160. The number of aliphatic hydroxyl groups excluding tert-OH is 1. The first-order chi connectivity index (χ1) is 20.1. The molecule has 0 aliphatic heterocycles. The van der Waals surface area contributed by atoms with Crippen molar-refractivity contribution >= 4 is 11.9 Å². The first-order valence-electron chi connectivity index (χ1n) is 15.4. The number of aliphatic hydroxyl groups is 1. The number of esters is 2. The number of hydrogen-bond acceptors (Lipinski definition) is 7. The standard InChI is InChI=1S/C34H50O7/c35-32(34(37)41-26-18-8-4-2-6-16-24-39-29-31-21-13-10-14-22-31)27-33(36)40-25-17-7-3-1-5-15-23-38-28-30-19-11-9-12-20-30/h9-14,19-22,32,35H,1-8,15-18,23-29H2. The summed E-state index contributed by atoms with van der Waals surface area (Å²) < 4.78 is 21.6. The van der Waals surface area contributed by atoms with Gasteiger partial charge in [0.2, 0.25) is 0 Å². The number of rotatable bonds is 25. The zero-order chi connectivity index (χ0) is 29.2. The number of hydrogen-bond donors (Lipinski definition) is 1. The highest BCUT2D eigenvalue weighted by Gasteiger charge is 2.21. The molecule has 0 radical (unpaired) electrons. The Morgan fingerprint density at radius 2 is 0.927 bits per heavy atom. The van der Waals surface area contributed by atoms with Gasteiger partial charge in [-0.05, 0) is 36.8 Å². The minimum Gasteiger partial charge on any atom is -0.466 e. The van der Waals surface area contributed by atoms with Gasteiger partial charge >= 0.3 is 11.9 Å². The summed E-state index contributed by atoms with van der Waals surface area (Å²) in [5.74, 6) is -1.33. The van der Waals surface area contributed by atoms with E-state index in [4.69, 9.17) is 18.9 Å². The van der Waals surface area contributed by atoms with E-state index in [0.717, 1.165) is 90.3 Å². The fourth-order valence-electron chi connectivity index (χ4n) is 4.31. The molecule has 0 amide bonds. The molecule has 1 unspecified atom stereocenters. The normalized spacial score (nSPS) is 11.7. The van der Waals surface area contributed by atoms with Gasteiger partial charge in [0.05, 0.1) is 32.8 Å². The van der Waals surface area contributed by atoms with Crippen molar-refractivity contribution < 1.29 is 33.6 Å². The second-order valence-corrected chi connectivity index (χ2v) is 10.4. The van der Waals surface area contributed by atoms with Crippen LogP contribution in [0, 0.1) is 0 Å². The van der Waals surface area contributed by atoms with Gasteiger partial charge in [0.25, 0.3) is 0 Å². The summed E-state index contributed by atoms with van der Waals surface area (Å²) in [4.78, 5) is 23.8. The SMILES string of the molecule is O=C(CC(O)C(=O)OCCCCCCCCOCc1ccccc1)OCCCCCCCCOCc1ccccc1. The molecular formula is C34H50O7. The lowest BCUT2D eigenvalue weighted by Gasteiger charge is -2.11. The van der Waals surface area contributed by atoms with Crippen molar-refractivity contribution in [2.75, 3.05) is 26.4 Å². The summed E-state index contributed by atoms with van der Waals surface area (Å²) in [7, 11) is 0. The van der Waals surface area contributed by atoms with Crippen molar-refractivity contribution in [1.82, 2.24) is 0 Å². The zero-order valence-corrected chi connectivity index (χ0v) is 24.7. The quantitative estimate of drug-likeness (QED) is 0.102. The molecule has 0 aliphatic carbocycles. The molecule has 7 heteroatoms. The molecule has 7 nitrogen and oxygen atoms in total. The van der Waals surface area contributed by atoms with Gasteiger partial charge < -0.3 is 24.1 Å². The van der Waals surface area contributed by atoms with Gasteiger partial charge in [-0.15, -0.1) is 0 Å². The Hall–Kier alpha value is -2.74. The van der Waals surface area contributed by atoms with E-state index in [1.807, 2.05) is 36.4 Å². The Balaban J connectivity index is 1.30. The zero-order valence-electron chi connectivity index (χ0n) is 24.7. The Morgan fingerprint density at radius 3 is 1.39 bits per heavy atom. The highest BCUT2D eigenvalue weighted by molar-refractivity contribution is 5.81. The first kappa shape index (κ1) is 34.5. The fraction of sp³-hybridized carbons (Fsp3) is 0.588. The van der Waals surface area contributed by atoms with Crippen LogP contribution in [0.1, 0.15) is 94.6 Å². The van der Waals surface area contributed by atoms with Crippen molar-refractivity contribution in [1.29, 1.82) is 0 Å². The maximum absolute atomic E-state index is 11.9. The van der Waals surface area contributed by atoms with E-state index in [1.54, 1.807) is 0 Å². The van der Waals surface area contributed by atoms with E-state index in [1.165, 1.54) is 11.1 Å². The van der Waals surface area contributed by atoms with Gasteiger partial charge in [-0.1, -0.05) is 112 Å². The number of benzene rings is 2. The van der Waals surface area contributed by atoms with Crippen molar-refractivity contribution in [3.05, 3.63) is 71.8 Å². The molecule has 1 atom stereocenters. The monoisotopic (exact) mass is 570 g/mol. The van der Waals surface area contributed by atoms with Crippen LogP contribution >= 0.6 is 0 Å². The van der Waals surface area contributed by atoms with Crippen molar-refractivity contribution in [2.24, 2.45) is 0 Å². The molecule has 41 heavy (non-hydrogen) atoms. The molecule has 2 aromatic rings. The van der Waals surface area contributed by atoms with Crippen LogP contribution < -0.4 is 0 Å². The number of unbranched alkanes of at least 4 members (excludes halogenated alkanes) is 10. The van der Waals surface area contributed by atoms with E-state index >= 15 is 0 Å². The topological polar surface area (TPSA) is 91.3 Å². The third-order valence-corrected chi connectivity index (χ3v) is 6.73. The molecule has 0 heterocycles. The van der Waals surface area contributed by atoms with Gasteiger partial charge in [0, 0.05) is 13.2 Å². The van der Waals surface area contributed by atoms with E-state index in [9.17, 15) is 14.7 Å². The summed E-state index contributed by atoms with van der Waals surface area (Å²) in [6.45, 7) is 3.41. The van der Waals surface area contributed by atoms with Gasteiger partial charge in [-0.25, -0.2) is 4.79 Å². The van der Waals surface area contributed by atoms with Gasteiger partial charge in [0.15, 0.2) is 6.10 Å². The summed E-state index contributed by atoms with van der Waals surface area (Å²) in [5.41, 5.74) is 2.39. The average Bonchev–Trinajstić information content (AvgIpc) is 2.99. The highest BCUT2D eigenvalue weighted by atomic mass is 16.6. The minimum absolute atomic E-state index is 0.254. The van der Waals surface area contributed by atoms with Crippen LogP contribution in [0.4, 0.5) is 0 Å². The van der Waals surface area contributed by atoms with E-state index in [-0.39, 0.29) is 13.0 Å². The molecule has 2 aromatic carbocycles. The Kier molecular flexibility index (Phi) is 20.1. The van der Waals surface area contributed by atoms with E-state index in [2.05, 4.69) is 24.3 Å². The number of carbonyl (C=O) groups excluding carboxylic acids is 2. The van der Waals surface area contributed by atoms with Crippen LogP contribution in [0.25, 0.3) is 0 Å². The second kappa shape index (κ2) is 23.9. The third-order valence-electron chi connectivity index (χ3n) is 6.73. The molecule has 2 rings (SSSR count). The van der Waals surface area contributed by atoms with E-state index < -0.39 is 18.0 Å². The van der Waals surface area contributed by atoms with Crippen LogP contribution in [0.2, 0.25) is 0 Å². The van der Waals surface area contributed by atoms with E-state index in [0.29, 0.717) is 19.8 Å². The predicted molar refractivity (Wildman–Crippen MR) is 160 cm³/mol. The molecule has 0 fully saturated rings. The molecule has 0 aromatic heterocycles. The molecular weight excluding hydrogens is 520 g/mol. The van der Waals surface area contributed by atoms with Crippen molar-refractivity contribution in [3.8, 4) is 0 Å². The lowest BCUT2D eigenvalue weighted by atomic mass is 10.1. The average molecular weight is 571 g/mol. The molecule has 0 spiro atoms. The molecule has 0 saturated carbocycles. The minimum atomic E-state index is -1.47. The van der Waals surface area contributed by atoms with Gasteiger partial charge in [0.1, 0.15) is 0 Å².